The van der Waals surface area contributed by atoms with Gasteiger partial charge in [-0.3, -0.25) is 9.59 Å². The van der Waals surface area contributed by atoms with Crippen molar-refractivity contribution in [1.82, 2.24) is 9.80 Å². The van der Waals surface area contributed by atoms with Gasteiger partial charge < -0.3 is 24.0 Å². The monoisotopic (exact) mass is 512 g/mol. The number of thiophene rings is 1. The Hall–Kier alpha value is -3.43. The second-order valence-corrected chi connectivity index (χ2v) is 9.37. The van der Waals surface area contributed by atoms with E-state index in [0.29, 0.717) is 23.6 Å². The molecule has 0 spiro atoms. The molecule has 9 heteroatoms. The average molecular weight is 513 g/mol. The van der Waals surface area contributed by atoms with Crippen molar-refractivity contribution >= 4 is 23.2 Å². The van der Waals surface area contributed by atoms with E-state index in [-0.39, 0.29) is 44.2 Å². The van der Waals surface area contributed by atoms with Gasteiger partial charge in [0.15, 0.2) is 0 Å². The minimum Gasteiger partial charge on any atom is -0.497 e. The Morgan fingerprint density at radius 2 is 1.89 bits per heavy atom. The number of hydrogen-bond acceptors (Lipinski definition) is 6. The molecule has 0 aliphatic carbocycles. The maximum absolute atomic E-state index is 13.6. The molecule has 0 saturated carbocycles. The molecule has 0 N–H and O–H groups in total. The predicted molar refractivity (Wildman–Crippen MR) is 135 cm³/mol. The molecule has 36 heavy (non-hydrogen) atoms. The van der Waals surface area contributed by atoms with Crippen LogP contribution in [0.1, 0.15) is 26.8 Å². The molecular formula is C27H29FN2O5S. The third-order valence-electron chi connectivity index (χ3n) is 6.13. The Bertz CT molecular complexity index is 1180. The van der Waals surface area contributed by atoms with Crippen molar-refractivity contribution in [3.8, 4) is 11.5 Å². The molecule has 4 rings (SSSR count). The van der Waals surface area contributed by atoms with Crippen molar-refractivity contribution in [1.29, 1.82) is 0 Å². The van der Waals surface area contributed by atoms with Gasteiger partial charge in [0.05, 0.1) is 19.8 Å². The zero-order chi connectivity index (χ0) is 25.5. The summed E-state index contributed by atoms with van der Waals surface area (Å²) in [6.45, 7) is 1.20. The topological polar surface area (TPSA) is 68.3 Å². The third-order valence-corrected chi connectivity index (χ3v) is 7.13. The molecule has 0 bridgehead atoms. The number of nitrogens with zero attached hydrogens (tertiary/aromatic N) is 2. The van der Waals surface area contributed by atoms with Crippen LogP contribution in [-0.4, -0.2) is 68.7 Å². The number of carbonyl (C=O) groups excluding carboxylic acids is 2. The van der Waals surface area contributed by atoms with Gasteiger partial charge in [-0.15, -0.1) is 11.3 Å². The van der Waals surface area contributed by atoms with Gasteiger partial charge >= 0.3 is 0 Å². The summed E-state index contributed by atoms with van der Waals surface area (Å²) in [4.78, 5) is 31.2. The lowest BCUT2D eigenvalue weighted by Gasteiger charge is -2.37. The van der Waals surface area contributed by atoms with Crippen LogP contribution in [0.3, 0.4) is 0 Å². The number of fused-ring (bicyclic) bond motifs is 1. The summed E-state index contributed by atoms with van der Waals surface area (Å²) in [6, 6.07) is 14.4. The van der Waals surface area contributed by atoms with Crippen LogP contribution in [0.5, 0.6) is 11.5 Å². The number of methoxy groups -OCH3 is 2. The molecule has 1 aromatic heterocycles. The number of carbonyl (C=O) groups is 2. The molecule has 0 saturated heterocycles. The highest BCUT2D eigenvalue weighted by atomic mass is 32.1. The van der Waals surface area contributed by atoms with E-state index >= 15 is 0 Å². The second-order valence-electron chi connectivity index (χ2n) is 8.37. The molecule has 2 aromatic carbocycles. The Labute approximate surface area is 214 Å². The van der Waals surface area contributed by atoms with Crippen LogP contribution >= 0.6 is 11.3 Å². The van der Waals surface area contributed by atoms with E-state index in [2.05, 4.69) is 0 Å². The Morgan fingerprint density at radius 3 is 2.64 bits per heavy atom. The molecule has 0 fully saturated rings. The summed E-state index contributed by atoms with van der Waals surface area (Å²) >= 11 is 1.67. The third kappa shape index (κ3) is 6.03. The zero-order valence-corrected chi connectivity index (χ0v) is 21.1. The summed E-state index contributed by atoms with van der Waals surface area (Å²) in [5.74, 6) is 0.381. The number of benzene rings is 2. The fourth-order valence-electron chi connectivity index (χ4n) is 4.22. The summed E-state index contributed by atoms with van der Waals surface area (Å²) in [5.41, 5.74) is 1.38. The van der Waals surface area contributed by atoms with E-state index in [1.54, 1.807) is 29.4 Å². The number of amides is 2. The van der Waals surface area contributed by atoms with Crippen LogP contribution in [0.15, 0.2) is 60.0 Å². The fraction of sp³-hybridized carbons (Fsp3) is 0.333. The molecule has 0 radical (unpaired) electrons. The standard InChI is InChI=1S/C27H29FN2O5S/c1-33-14-13-29(27(32)19-6-8-20(28)9-7-19)17-26(31)30-12-10-25-23(11-15-36-25)24(30)18-35-22-5-3-4-21(16-22)34-2/h3-9,11,15-16,24H,10,12-14,17-18H2,1-2H3/t24-/m0/s1. The van der Waals surface area contributed by atoms with Crippen molar-refractivity contribution in [2.75, 3.05) is 47.1 Å². The van der Waals surface area contributed by atoms with E-state index in [0.717, 1.165) is 12.0 Å². The van der Waals surface area contributed by atoms with Crippen LogP contribution in [0.25, 0.3) is 0 Å². The maximum Gasteiger partial charge on any atom is 0.254 e. The summed E-state index contributed by atoms with van der Waals surface area (Å²) in [6.07, 6.45) is 0.748. The first-order valence-electron chi connectivity index (χ1n) is 11.7. The Balaban J connectivity index is 1.52. The summed E-state index contributed by atoms with van der Waals surface area (Å²) in [5, 5.41) is 2.03. The SMILES string of the molecule is COCCN(CC(=O)N1CCc2sccc2[C@@H]1COc1cccc(OC)c1)C(=O)c1ccc(F)cc1. The van der Waals surface area contributed by atoms with Crippen LogP contribution in [0.4, 0.5) is 4.39 Å². The smallest absolute Gasteiger partial charge is 0.254 e. The lowest BCUT2D eigenvalue weighted by atomic mass is 10.0. The Kier molecular flexibility index (Phi) is 8.56. The van der Waals surface area contributed by atoms with Gasteiger partial charge in [-0.25, -0.2) is 4.39 Å². The van der Waals surface area contributed by atoms with Crippen molar-refractivity contribution < 1.29 is 28.2 Å². The normalized spacial score (nSPS) is 14.8. The van der Waals surface area contributed by atoms with E-state index in [9.17, 15) is 14.0 Å². The van der Waals surface area contributed by atoms with Crippen molar-refractivity contribution in [3.05, 3.63) is 81.8 Å². The maximum atomic E-state index is 13.6. The van der Waals surface area contributed by atoms with Crippen molar-refractivity contribution in [2.45, 2.75) is 12.5 Å². The molecule has 2 heterocycles. The zero-order valence-electron chi connectivity index (χ0n) is 20.3. The number of ether oxygens (including phenoxy) is 3. The van der Waals surface area contributed by atoms with Gasteiger partial charge in [-0.2, -0.15) is 0 Å². The predicted octanol–water partition coefficient (Wildman–Crippen LogP) is 4.19. The Morgan fingerprint density at radius 1 is 1.11 bits per heavy atom. The first kappa shape index (κ1) is 25.7. The van der Waals surface area contributed by atoms with Crippen LogP contribution < -0.4 is 9.47 Å². The molecule has 1 aliphatic heterocycles. The molecule has 2 amide bonds. The minimum atomic E-state index is -0.426. The summed E-state index contributed by atoms with van der Waals surface area (Å²) in [7, 11) is 3.14. The summed E-state index contributed by atoms with van der Waals surface area (Å²) < 4.78 is 29.9. The fourth-order valence-corrected chi connectivity index (χ4v) is 5.15. The minimum absolute atomic E-state index is 0.116. The highest BCUT2D eigenvalue weighted by molar-refractivity contribution is 7.10. The molecular weight excluding hydrogens is 483 g/mol. The van der Waals surface area contributed by atoms with Crippen LogP contribution in [0, 0.1) is 5.82 Å². The molecule has 1 aliphatic rings. The van der Waals surface area contributed by atoms with E-state index in [1.165, 1.54) is 41.2 Å². The van der Waals surface area contributed by atoms with Gasteiger partial charge in [0.1, 0.15) is 30.5 Å². The highest BCUT2D eigenvalue weighted by Gasteiger charge is 2.33. The molecule has 1 atom stereocenters. The number of halogens is 1. The van der Waals surface area contributed by atoms with Crippen LogP contribution in [-0.2, 0) is 16.0 Å². The van der Waals surface area contributed by atoms with Crippen LogP contribution in [0.2, 0.25) is 0 Å². The number of rotatable bonds is 10. The average Bonchev–Trinajstić information content (AvgIpc) is 3.39. The van der Waals surface area contributed by atoms with Gasteiger partial charge in [-0.05, 0) is 59.8 Å². The van der Waals surface area contributed by atoms with Crippen molar-refractivity contribution in [3.63, 3.8) is 0 Å². The molecule has 3 aromatic rings. The van der Waals surface area contributed by atoms with Gasteiger partial charge in [-0.1, -0.05) is 6.07 Å². The van der Waals surface area contributed by atoms with E-state index in [4.69, 9.17) is 14.2 Å². The molecule has 190 valence electrons. The van der Waals surface area contributed by atoms with Gasteiger partial charge in [0.25, 0.3) is 5.91 Å². The van der Waals surface area contributed by atoms with E-state index < -0.39 is 5.82 Å². The molecule has 0 unspecified atom stereocenters. The largest absolute Gasteiger partial charge is 0.497 e. The second kappa shape index (κ2) is 12.0. The van der Waals surface area contributed by atoms with Gasteiger partial charge in [0.2, 0.25) is 5.91 Å². The first-order valence-corrected chi connectivity index (χ1v) is 12.5. The molecule has 7 nitrogen and oxygen atoms in total. The quantitative estimate of drug-likeness (QED) is 0.408. The lowest BCUT2D eigenvalue weighted by Crippen LogP contribution is -2.48. The number of hydrogen-bond donors (Lipinski definition) is 0. The van der Waals surface area contributed by atoms with Gasteiger partial charge in [0, 0.05) is 36.7 Å². The highest BCUT2D eigenvalue weighted by Crippen LogP contribution is 2.34. The van der Waals surface area contributed by atoms with Crippen molar-refractivity contribution in [2.24, 2.45) is 0 Å². The lowest BCUT2D eigenvalue weighted by molar-refractivity contribution is -0.135. The first-order chi connectivity index (χ1) is 17.5. The van der Waals surface area contributed by atoms with E-state index in [1.807, 2.05) is 29.6 Å².